The van der Waals surface area contributed by atoms with Crippen LogP contribution in [0.15, 0.2) is 0 Å². The Kier molecular flexibility index (Phi) is 12.9. The van der Waals surface area contributed by atoms with Gasteiger partial charge in [-0.25, -0.2) is 9.59 Å². The molecule has 2 amide bonds. The molecule has 1 N–H and O–H groups in total. The van der Waals surface area contributed by atoms with Crippen molar-refractivity contribution in [1.29, 1.82) is 0 Å². The molecule has 0 atom stereocenters. The monoisotopic (exact) mass is 419 g/mol. The summed E-state index contributed by atoms with van der Waals surface area (Å²) in [5, 5.41) is 3.21. The third-order valence-electron chi connectivity index (χ3n) is 3.40. The number of nitrogens with zero attached hydrogens (tertiary/aromatic N) is 2. The molecule has 0 aromatic carbocycles. The van der Waals surface area contributed by atoms with Gasteiger partial charge in [-0.3, -0.25) is 0 Å². The van der Waals surface area contributed by atoms with E-state index >= 15 is 0 Å². The lowest BCUT2D eigenvalue weighted by Gasteiger charge is -2.24. The summed E-state index contributed by atoms with van der Waals surface area (Å²) in [5.74, 6) is 0. The Balaban J connectivity index is 3.54. The lowest BCUT2D eigenvalue weighted by molar-refractivity contribution is 0.0232. The lowest BCUT2D eigenvalue weighted by Crippen LogP contribution is -2.36. The molecule has 0 heterocycles. The third kappa shape index (κ3) is 17.0. The van der Waals surface area contributed by atoms with Crippen molar-refractivity contribution >= 4 is 12.2 Å². The van der Waals surface area contributed by atoms with E-state index in [4.69, 9.17) is 18.9 Å². The first kappa shape index (κ1) is 27.4. The number of carbonyl (C=O) groups excluding carboxylic acids is 2. The van der Waals surface area contributed by atoms with Crippen molar-refractivity contribution < 1.29 is 28.5 Å². The van der Waals surface area contributed by atoms with Crippen LogP contribution in [0.5, 0.6) is 0 Å². The van der Waals surface area contributed by atoms with Crippen LogP contribution in [0.1, 0.15) is 41.5 Å². The van der Waals surface area contributed by atoms with Crippen LogP contribution in [-0.2, 0) is 18.9 Å². The quantitative estimate of drug-likeness (QED) is 0.486. The van der Waals surface area contributed by atoms with Gasteiger partial charge in [-0.15, -0.1) is 0 Å². The summed E-state index contributed by atoms with van der Waals surface area (Å²) in [5.41, 5.74) is -0.993. The van der Waals surface area contributed by atoms with E-state index < -0.39 is 11.2 Å². The summed E-state index contributed by atoms with van der Waals surface area (Å²) in [6.45, 7) is 15.3. The number of ether oxygens (including phenoxy) is 4. The number of amides is 2. The molecule has 172 valence electrons. The van der Waals surface area contributed by atoms with Crippen molar-refractivity contribution in [3.63, 3.8) is 0 Å². The number of likely N-dealkylation sites (N-methyl/N-ethyl adjacent to an activating group) is 2. The molecular formula is C20H41N3O6. The average molecular weight is 420 g/mol. The fourth-order valence-corrected chi connectivity index (χ4v) is 1.88. The molecule has 0 fully saturated rings. The smallest absolute Gasteiger partial charge is 0.410 e. The summed E-state index contributed by atoms with van der Waals surface area (Å²) in [6, 6.07) is 0. The number of carbonyl (C=O) groups is 2. The van der Waals surface area contributed by atoms with Gasteiger partial charge in [0.2, 0.25) is 0 Å². The highest BCUT2D eigenvalue weighted by Gasteiger charge is 2.20. The molecule has 29 heavy (non-hydrogen) atoms. The van der Waals surface area contributed by atoms with Gasteiger partial charge in [0.1, 0.15) is 11.2 Å². The zero-order valence-electron chi connectivity index (χ0n) is 19.5. The van der Waals surface area contributed by atoms with Crippen molar-refractivity contribution in [3.8, 4) is 0 Å². The molecule has 0 unspecified atom stereocenters. The Labute approximate surface area is 176 Å². The van der Waals surface area contributed by atoms with Crippen molar-refractivity contribution in [2.24, 2.45) is 0 Å². The van der Waals surface area contributed by atoms with E-state index in [0.717, 1.165) is 0 Å². The Morgan fingerprint density at radius 1 is 0.690 bits per heavy atom. The van der Waals surface area contributed by atoms with Gasteiger partial charge >= 0.3 is 12.2 Å². The standard InChI is InChI=1S/C20H41N3O6/c1-19(2,3)28-17(24)22(7)11-15-26-13-9-21-10-14-27-16-12-23(8)18(25)29-20(4,5)6/h21H,9-16H2,1-8H3. The van der Waals surface area contributed by atoms with Gasteiger partial charge in [0.15, 0.2) is 0 Å². The predicted octanol–water partition coefficient (Wildman–Crippen LogP) is 2.34. The maximum absolute atomic E-state index is 11.8. The molecule has 0 rings (SSSR count). The maximum atomic E-state index is 11.8. The van der Waals surface area contributed by atoms with Gasteiger partial charge in [-0.1, -0.05) is 0 Å². The van der Waals surface area contributed by atoms with Crippen LogP contribution in [0, 0.1) is 0 Å². The largest absolute Gasteiger partial charge is 0.444 e. The first-order chi connectivity index (χ1) is 13.3. The Hall–Kier alpha value is -1.58. The molecule has 0 aliphatic heterocycles. The van der Waals surface area contributed by atoms with Gasteiger partial charge in [-0.2, -0.15) is 0 Å². The van der Waals surface area contributed by atoms with E-state index in [1.807, 2.05) is 41.5 Å². The maximum Gasteiger partial charge on any atom is 0.410 e. The fourth-order valence-electron chi connectivity index (χ4n) is 1.88. The molecule has 0 aromatic heterocycles. The first-order valence-electron chi connectivity index (χ1n) is 10.1. The summed E-state index contributed by atoms with van der Waals surface area (Å²) in [4.78, 5) is 26.6. The fraction of sp³-hybridized carbons (Fsp3) is 0.900. The zero-order chi connectivity index (χ0) is 22.5. The van der Waals surface area contributed by atoms with E-state index in [-0.39, 0.29) is 12.2 Å². The predicted molar refractivity (Wildman–Crippen MR) is 112 cm³/mol. The van der Waals surface area contributed by atoms with E-state index in [2.05, 4.69) is 5.32 Å². The molecule has 9 heteroatoms. The van der Waals surface area contributed by atoms with Crippen molar-refractivity contribution in [2.45, 2.75) is 52.7 Å². The van der Waals surface area contributed by atoms with Crippen molar-refractivity contribution in [3.05, 3.63) is 0 Å². The van der Waals surface area contributed by atoms with Crippen LogP contribution in [0.4, 0.5) is 9.59 Å². The zero-order valence-corrected chi connectivity index (χ0v) is 19.5. The van der Waals surface area contributed by atoms with Gasteiger partial charge in [0.25, 0.3) is 0 Å². The average Bonchev–Trinajstić information content (AvgIpc) is 2.56. The topological polar surface area (TPSA) is 89.6 Å². The molecule has 0 radical (unpaired) electrons. The van der Waals surface area contributed by atoms with E-state index in [9.17, 15) is 9.59 Å². The second kappa shape index (κ2) is 13.6. The summed E-state index contributed by atoms with van der Waals surface area (Å²) in [6.07, 6.45) is -0.706. The van der Waals surface area contributed by atoms with Gasteiger partial charge in [-0.05, 0) is 41.5 Å². The minimum Gasteiger partial charge on any atom is -0.444 e. The number of hydrogen-bond acceptors (Lipinski definition) is 7. The van der Waals surface area contributed by atoms with Crippen LogP contribution in [0.25, 0.3) is 0 Å². The molecule has 0 spiro atoms. The minimum atomic E-state index is -0.497. The molecular weight excluding hydrogens is 378 g/mol. The summed E-state index contributed by atoms with van der Waals surface area (Å²) < 4.78 is 21.5. The SMILES string of the molecule is CN(CCOCCNCCOCCN(C)C(=O)OC(C)(C)C)C(=O)OC(C)(C)C. The Morgan fingerprint density at radius 3 is 1.34 bits per heavy atom. The summed E-state index contributed by atoms with van der Waals surface area (Å²) in [7, 11) is 3.38. The van der Waals surface area contributed by atoms with Crippen LogP contribution < -0.4 is 5.32 Å². The van der Waals surface area contributed by atoms with Gasteiger partial charge in [0, 0.05) is 40.3 Å². The molecule has 0 aromatic rings. The Bertz CT molecular complexity index is 432. The third-order valence-corrected chi connectivity index (χ3v) is 3.40. The van der Waals surface area contributed by atoms with Crippen LogP contribution in [0.2, 0.25) is 0 Å². The number of hydrogen-bond donors (Lipinski definition) is 1. The van der Waals surface area contributed by atoms with Crippen molar-refractivity contribution in [1.82, 2.24) is 15.1 Å². The highest BCUT2D eigenvalue weighted by Crippen LogP contribution is 2.09. The van der Waals surface area contributed by atoms with Crippen LogP contribution in [-0.4, -0.2) is 99.9 Å². The van der Waals surface area contributed by atoms with Gasteiger partial charge < -0.3 is 34.1 Å². The summed E-state index contributed by atoms with van der Waals surface area (Å²) >= 11 is 0. The minimum absolute atomic E-state index is 0.353. The lowest BCUT2D eigenvalue weighted by atomic mass is 10.2. The highest BCUT2D eigenvalue weighted by atomic mass is 16.6. The molecule has 0 bridgehead atoms. The first-order valence-corrected chi connectivity index (χ1v) is 10.1. The van der Waals surface area contributed by atoms with Crippen molar-refractivity contribution in [2.75, 3.05) is 66.7 Å². The number of nitrogens with one attached hydrogen (secondary N) is 1. The van der Waals surface area contributed by atoms with E-state index in [0.29, 0.717) is 52.6 Å². The normalized spacial score (nSPS) is 11.9. The molecule has 0 saturated carbocycles. The molecule has 0 saturated heterocycles. The molecule has 0 aliphatic carbocycles. The second-order valence-corrected chi connectivity index (χ2v) is 8.78. The molecule has 0 aliphatic rings. The second-order valence-electron chi connectivity index (χ2n) is 8.78. The van der Waals surface area contributed by atoms with Crippen LogP contribution in [0.3, 0.4) is 0 Å². The number of rotatable bonds is 12. The highest BCUT2D eigenvalue weighted by molar-refractivity contribution is 5.68. The van der Waals surface area contributed by atoms with Gasteiger partial charge in [0.05, 0.1) is 26.4 Å². The van der Waals surface area contributed by atoms with E-state index in [1.54, 1.807) is 14.1 Å². The van der Waals surface area contributed by atoms with E-state index in [1.165, 1.54) is 9.80 Å². The molecule has 9 nitrogen and oxygen atoms in total. The Morgan fingerprint density at radius 2 is 1.03 bits per heavy atom. The van der Waals surface area contributed by atoms with Crippen LogP contribution >= 0.6 is 0 Å².